The molecule has 0 fully saturated rings. The normalized spacial score (nSPS) is 11.8. The molecule has 0 saturated heterocycles. The molecule has 106 valence electrons. The number of rotatable bonds is 8. The summed E-state index contributed by atoms with van der Waals surface area (Å²) in [7, 11) is 3.76. The van der Waals surface area contributed by atoms with Crippen LogP contribution >= 0.6 is 0 Å². The molecule has 0 spiro atoms. The van der Waals surface area contributed by atoms with Crippen molar-refractivity contribution in [2.45, 2.75) is 25.8 Å². The van der Waals surface area contributed by atoms with Crippen LogP contribution in [0.3, 0.4) is 0 Å². The van der Waals surface area contributed by atoms with Crippen molar-refractivity contribution in [3.8, 4) is 5.75 Å². The van der Waals surface area contributed by atoms with Gasteiger partial charge in [-0.1, -0.05) is 17.3 Å². The van der Waals surface area contributed by atoms with E-state index in [9.17, 15) is 0 Å². The predicted molar refractivity (Wildman–Crippen MR) is 76.6 cm³/mol. The largest absolute Gasteiger partial charge is 0.497 e. The highest BCUT2D eigenvalue weighted by Crippen LogP contribution is 2.14. The summed E-state index contributed by atoms with van der Waals surface area (Å²) in [5, 5.41) is 11.4. The molecule has 5 heteroatoms. The molecule has 0 bridgehead atoms. The maximum absolute atomic E-state index is 8.43. The lowest BCUT2D eigenvalue weighted by atomic mass is 10.2. The quantitative estimate of drug-likeness (QED) is 0.248. The summed E-state index contributed by atoms with van der Waals surface area (Å²) in [6.45, 7) is 1.87. The highest BCUT2D eigenvalue weighted by molar-refractivity contribution is 5.79. The van der Waals surface area contributed by atoms with Crippen molar-refractivity contribution in [1.82, 2.24) is 4.90 Å². The fourth-order valence-corrected chi connectivity index (χ4v) is 1.90. The third-order valence-corrected chi connectivity index (χ3v) is 2.94. The maximum Gasteiger partial charge on any atom is 0.139 e. The summed E-state index contributed by atoms with van der Waals surface area (Å²) in [6.07, 6.45) is 2.60. The Morgan fingerprint density at radius 2 is 2.21 bits per heavy atom. The van der Waals surface area contributed by atoms with E-state index in [1.807, 2.05) is 18.2 Å². The van der Waals surface area contributed by atoms with Gasteiger partial charge in [-0.15, -0.1) is 0 Å². The van der Waals surface area contributed by atoms with E-state index >= 15 is 0 Å². The number of ether oxygens (including phenoxy) is 1. The topological polar surface area (TPSA) is 71.1 Å². The lowest BCUT2D eigenvalue weighted by Crippen LogP contribution is -2.19. The third kappa shape index (κ3) is 6.10. The van der Waals surface area contributed by atoms with Gasteiger partial charge in [-0.05, 0) is 44.1 Å². The molecule has 0 saturated carbocycles. The highest BCUT2D eigenvalue weighted by atomic mass is 16.5. The van der Waals surface area contributed by atoms with Crippen molar-refractivity contribution < 1.29 is 9.94 Å². The van der Waals surface area contributed by atoms with Gasteiger partial charge in [0.05, 0.1) is 7.11 Å². The molecular weight excluding hydrogens is 242 g/mol. The number of hydrogen-bond acceptors (Lipinski definition) is 4. The fourth-order valence-electron chi connectivity index (χ4n) is 1.90. The second-order valence-corrected chi connectivity index (χ2v) is 4.64. The molecule has 0 aromatic heterocycles. The molecule has 0 aliphatic rings. The molecule has 1 rings (SSSR count). The van der Waals surface area contributed by atoms with Crippen LogP contribution in [0.25, 0.3) is 0 Å². The van der Waals surface area contributed by atoms with Crippen LogP contribution < -0.4 is 10.5 Å². The number of amidine groups is 1. The summed E-state index contributed by atoms with van der Waals surface area (Å²) >= 11 is 0. The first-order valence-corrected chi connectivity index (χ1v) is 6.43. The Labute approximate surface area is 114 Å². The second-order valence-electron chi connectivity index (χ2n) is 4.64. The first-order chi connectivity index (χ1) is 9.15. The molecule has 0 radical (unpaired) electrons. The van der Waals surface area contributed by atoms with Gasteiger partial charge in [-0.2, -0.15) is 0 Å². The van der Waals surface area contributed by atoms with Crippen LogP contribution in [0, 0.1) is 0 Å². The number of unbranched alkanes of at least 4 members (excludes halogenated alkanes) is 1. The molecule has 0 aliphatic heterocycles. The predicted octanol–water partition coefficient (Wildman–Crippen LogP) is 2.04. The van der Waals surface area contributed by atoms with E-state index in [0.29, 0.717) is 12.3 Å². The van der Waals surface area contributed by atoms with Crippen LogP contribution in [0.4, 0.5) is 0 Å². The summed E-state index contributed by atoms with van der Waals surface area (Å²) in [5.41, 5.74) is 6.65. The molecule has 0 unspecified atom stereocenters. The summed E-state index contributed by atoms with van der Waals surface area (Å²) < 4.78 is 5.20. The van der Waals surface area contributed by atoms with Crippen molar-refractivity contribution in [2.24, 2.45) is 10.9 Å². The van der Waals surface area contributed by atoms with Crippen molar-refractivity contribution in [1.29, 1.82) is 0 Å². The summed E-state index contributed by atoms with van der Waals surface area (Å²) in [6, 6.07) is 8.09. The number of methoxy groups -OCH3 is 1. The van der Waals surface area contributed by atoms with Gasteiger partial charge < -0.3 is 20.6 Å². The van der Waals surface area contributed by atoms with Gasteiger partial charge >= 0.3 is 0 Å². The molecular formula is C14H23N3O2. The van der Waals surface area contributed by atoms with Gasteiger partial charge in [-0.25, -0.2) is 0 Å². The second kappa shape index (κ2) is 8.37. The average molecular weight is 265 g/mol. The van der Waals surface area contributed by atoms with Crippen molar-refractivity contribution >= 4 is 5.84 Å². The lowest BCUT2D eigenvalue weighted by Gasteiger charge is -2.16. The molecule has 1 aromatic rings. The number of benzene rings is 1. The number of hydrogen-bond donors (Lipinski definition) is 2. The Balaban J connectivity index is 2.28. The smallest absolute Gasteiger partial charge is 0.139 e. The maximum atomic E-state index is 8.43. The zero-order valence-electron chi connectivity index (χ0n) is 11.7. The van der Waals surface area contributed by atoms with Crippen LogP contribution in [0.2, 0.25) is 0 Å². The van der Waals surface area contributed by atoms with Gasteiger partial charge in [-0.3, -0.25) is 0 Å². The molecule has 19 heavy (non-hydrogen) atoms. The SMILES string of the molecule is COc1cccc(CN(C)CCCCC(N)=NO)c1. The standard InChI is InChI=1S/C14H23N3O2/c1-17(9-4-3-8-14(15)16-18)11-12-6-5-7-13(10-12)19-2/h5-7,10,18H,3-4,8-9,11H2,1-2H3,(H2,15,16). The zero-order valence-corrected chi connectivity index (χ0v) is 11.7. The Morgan fingerprint density at radius 1 is 1.42 bits per heavy atom. The number of oxime groups is 1. The van der Waals surface area contributed by atoms with E-state index in [0.717, 1.165) is 31.7 Å². The minimum Gasteiger partial charge on any atom is -0.497 e. The van der Waals surface area contributed by atoms with Gasteiger partial charge in [0, 0.05) is 13.0 Å². The third-order valence-electron chi connectivity index (χ3n) is 2.94. The van der Waals surface area contributed by atoms with E-state index in [4.69, 9.17) is 15.7 Å². The van der Waals surface area contributed by atoms with Crippen LogP contribution in [0.15, 0.2) is 29.4 Å². The van der Waals surface area contributed by atoms with Crippen LogP contribution in [-0.2, 0) is 6.54 Å². The van der Waals surface area contributed by atoms with E-state index in [2.05, 4.69) is 23.2 Å². The van der Waals surface area contributed by atoms with Gasteiger partial charge in [0.15, 0.2) is 0 Å². The van der Waals surface area contributed by atoms with E-state index in [-0.39, 0.29) is 0 Å². The number of nitrogens with zero attached hydrogens (tertiary/aromatic N) is 2. The fraction of sp³-hybridized carbons (Fsp3) is 0.500. The van der Waals surface area contributed by atoms with E-state index in [1.165, 1.54) is 5.56 Å². The minimum absolute atomic E-state index is 0.301. The van der Waals surface area contributed by atoms with Crippen molar-refractivity contribution in [2.75, 3.05) is 20.7 Å². The van der Waals surface area contributed by atoms with E-state index in [1.54, 1.807) is 7.11 Å². The Hall–Kier alpha value is -1.75. The van der Waals surface area contributed by atoms with Crippen molar-refractivity contribution in [3.63, 3.8) is 0 Å². The van der Waals surface area contributed by atoms with Gasteiger partial charge in [0.25, 0.3) is 0 Å². The van der Waals surface area contributed by atoms with Crippen LogP contribution in [0.1, 0.15) is 24.8 Å². The Morgan fingerprint density at radius 3 is 2.89 bits per heavy atom. The number of nitrogens with two attached hydrogens (primary N) is 1. The molecule has 0 amide bonds. The zero-order chi connectivity index (χ0) is 14.1. The minimum atomic E-state index is 0.301. The Bertz CT molecular complexity index is 407. The molecule has 1 aromatic carbocycles. The summed E-state index contributed by atoms with van der Waals surface area (Å²) in [5.74, 6) is 1.19. The van der Waals surface area contributed by atoms with Crippen LogP contribution in [0.5, 0.6) is 5.75 Å². The molecule has 0 atom stereocenters. The monoisotopic (exact) mass is 265 g/mol. The highest BCUT2D eigenvalue weighted by Gasteiger charge is 2.02. The molecule has 0 heterocycles. The van der Waals surface area contributed by atoms with E-state index < -0.39 is 0 Å². The van der Waals surface area contributed by atoms with Crippen molar-refractivity contribution in [3.05, 3.63) is 29.8 Å². The average Bonchev–Trinajstić information content (AvgIpc) is 2.43. The first-order valence-electron chi connectivity index (χ1n) is 6.43. The van der Waals surface area contributed by atoms with Gasteiger partial charge in [0.2, 0.25) is 0 Å². The lowest BCUT2D eigenvalue weighted by molar-refractivity contribution is 0.312. The van der Waals surface area contributed by atoms with Crippen LogP contribution in [-0.4, -0.2) is 36.6 Å². The summed E-state index contributed by atoms with van der Waals surface area (Å²) in [4.78, 5) is 2.25. The molecule has 3 N–H and O–H groups in total. The Kier molecular flexibility index (Phi) is 6.74. The molecule has 5 nitrogen and oxygen atoms in total. The first kappa shape index (κ1) is 15.3. The van der Waals surface area contributed by atoms with Gasteiger partial charge in [0.1, 0.15) is 11.6 Å². The molecule has 0 aliphatic carbocycles.